The van der Waals surface area contributed by atoms with E-state index in [9.17, 15) is 4.79 Å². The highest BCUT2D eigenvalue weighted by Crippen LogP contribution is 2.27. The number of likely N-dealkylation sites (N-methyl/N-ethyl adjacent to an activating group) is 1. The number of nitrogens with one attached hydrogen (secondary N) is 2. The molecule has 2 amide bonds. The van der Waals surface area contributed by atoms with Gasteiger partial charge in [-0.15, -0.1) is 0 Å². The minimum absolute atomic E-state index is 0.0669. The molecule has 1 aromatic heterocycles. The lowest BCUT2D eigenvalue weighted by molar-refractivity contribution is 0.216. The third-order valence-corrected chi connectivity index (χ3v) is 5.72. The summed E-state index contributed by atoms with van der Waals surface area (Å²) in [5.41, 5.74) is 2.75. The Kier molecular flexibility index (Phi) is 5.81. The zero-order valence-corrected chi connectivity index (χ0v) is 17.7. The molecule has 2 N–H and O–H groups in total. The summed E-state index contributed by atoms with van der Waals surface area (Å²) in [6, 6.07) is 16.4. The molecule has 2 heterocycles. The SMILES string of the molecule is C[C@@H](Nc1ncnc2ccc(NC(=O)N3CC[C@@H](N(C)C)C3)cc12)c1ccccc1. The summed E-state index contributed by atoms with van der Waals surface area (Å²) in [6.45, 7) is 3.62. The summed E-state index contributed by atoms with van der Waals surface area (Å²) in [5.74, 6) is 0.751. The van der Waals surface area contributed by atoms with E-state index in [1.54, 1.807) is 6.33 Å². The van der Waals surface area contributed by atoms with Gasteiger partial charge in [0.25, 0.3) is 0 Å². The van der Waals surface area contributed by atoms with Crippen LogP contribution in [0.4, 0.5) is 16.3 Å². The summed E-state index contributed by atoms with van der Waals surface area (Å²) in [6.07, 6.45) is 2.56. The summed E-state index contributed by atoms with van der Waals surface area (Å²) >= 11 is 0. The number of carbonyl (C=O) groups excluding carboxylic acids is 1. The van der Waals surface area contributed by atoms with Crippen LogP contribution in [0.5, 0.6) is 0 Å². The van der Waals surface area contributed by atoms with Crippen LogP contribution in [-0.2, 0) is 0 Å². The third kappa shape index (κ3) is 4.36. The summed E-state index contributed by atoms with van der Waals surface area (Å²) in [5, 5.41) is 7.39. The molecule has 0 bridgehead atoms. The van der Waals surface area contributed by atoms with Crippen LogP contribution < -0.4 is 10.6 Å². The molecule has 30 heavy (non-hydrogen) atoms. The van der Waals surface area contributed by atoms with Crippen LogP contribution in [0, 0.1) is 0 Å². The second kappa shape index (κ2) is 8.67. The molecule has 0 radical (unpaired) electrons. The van der Waals surface area contributed by atoms with Crippen molar-refractivity contribution in [2.24, 2.45) is 0 Å². The topological polar surface area (TPSA) is 73.4 Å². The Morgan fingerprint density at radius 2 is 1.97 bits per heavy atom. The van der Waals surface area contributed by atoms with Crippen LogP contribution in [0.2, 0.25) is 0 Å². The van der Waals surface area contributed by atoms with Gasteiger partial charge in [-0.25, -0.2) is 14.8 Å². The molecule has 1 aliphatic heterocycles. The molecule has 0 saturated carbocycles. The van der Waals surface area contributed by atoms with Gasteiger partial charge in [0.15, 0.2) is 0 Å². The number of amides is 2. The molecule has 1 fully saturated rings. The minimum Gasteiger partial charge on any atom is -0.363 e. The van der Waals surface area contributed by atoms with E-state index in [4.69, 9.17) is 0 Å². The largest absolute Gasteiger partial charge is 0.363 e. The predicted molar refractivity (Wildman–Crippen MR) is 121 cm³/mol. The maximum Gasteiger partial charge on any atom is 0.321 e. The van der Waals surface area contributed by atoms with Gasteiger partial charge < -0.3 is 20.4 Å². The maximum atomic E-state index is 12.7. The van der Waals surface area contributed by atoms with Crippen LogP contribution in [-0.4, -0.2) is 59.0 Å². The van der Waals surface area contributed by atoms with Crippen molar-refractivity contribution in [3.8, 4) is 0 Å². The van der Waals surface area contributed by atoms with Gasteiger partial charge in [-0.3, -0.25) is 0 Å². The number of likely N-dealkylation sites (tertiary alicyclic amines) is 1. The highest BCUT2D eigenvalue weighted by atomic mass is 16.2. The van der Waals surface area contributed by atoms with Crippen LogP contribution in [0.3, 0.4) is 0 Å². The van der Waals surface area contributed by atoms with E-state index >= 15 is 0 Å². The predicted octanol–water partition coefficient (Wildman–Crippen LogP) is 3.97. The minimum atomic E-state index is -0.0669. The second-order valence-electron chi connectivity index (χ2n) is 8.01. The first-order valence-corrected chi connectivity index (χ1v) is 10.3. The number of aromatic nitrogens is 2. The van der Waals surface area contributed by atoms with Crippen molar-refractivity contribution in [3.63, 3.8) is 0 Å². The van der Waals surface area contributed by atoms with Crippen LogP contribution in [0.15, 0.2) is 54.9 Å². The zero-order chi connectivity index (χ0) is 21.1. The molecule has 3 aromatic rings. The molecular formula is C23H28N6O. The lowest BCUT2D eigenvalue weighted by Gasteiger charge is -2.21. The number of anilines is 2. The molecule has 7 heteroatoms. The Morgan fingerprint density at radius 1 is 1.17 bits per heavy atom. The molecule has 2 atom stereocenters. The first-order chi connectivity index (χ1) is 14.5. The van der Waals surface area contributed by atoms with Crippen molar-refractivity contribution in [2.75, 3.05) is 37.8 Å². The molecule has 156 valence electrons. The van der Waals surface area contributed by atoms with Crippen LogP contribution in [0.25, 0.3) is 10.9 Å². The average Bonchev–Trinajstić information content (AvgIpc) is 3.26. The molecule has 1 aliphatic rings. The summed E-state index contributed by atoms with van der Waals surface area (Å²) < 4.78 is 0. The van der Waals surface area contributed by atoms with Crippen molar-refractivity contribution in [2.45, 2.75) is 25.4 Å². The quantitative estimate of drug-likeness (QED) is 0.673. The van der Waals surface area contributed by atoms with Gasteiger partial charge in [-0.05, 0) is 51.2 Å². The summed E-state index contributed by atoms with van der Waals surface area (Å²) in [7, 11) is 4.11. The number of rotatable bonds is 5. The van der Waals surface area contributed by atoms with Crippen molar-refractivity contribution in [1.82, 2.24) is 19.8 Å². The number of carbonyl (C=O) groups is 1. The average molecular weight is 405 g/mol. The molecule has 4 rings (SSSR count). The Bertz CT molecular complexity index is 1020. The lowest BCUT2D eigenvalue weighted by Crippen LogP contribution is -2.36. The second-order valence-corrected chi connectivity index (χ2v) is 8.01. The Morgan fingerprint density at radius 3 is 2.70 bits per heavy atom. The smallest absolute Gasteiger partial charge is 0.321 e. The van der Waals surface area contributed by atoms with E-state index in [0.29, 0.717) is 6.04 Å². The van der Waals surface area contributed by atoms with Gasteiger partial charge in [-0.2, -0.15) is 0 Å². The third-order valence-electron chi connectivity index (χ3n) is 5.72. The fourth-order valence-corrected chi connectivity index (χ4v) is 3.83. The van der Waals surface area contributed by atoms with Gasteiger partial charge in [0.05, 0.1) is 5.52 Å². The normalized spacial score (nSPS) is 17.3. The van der Waals surface area contributed by atoms with E-state index < -0.39 is 0 Å². The van der Waals surface area contributed by atoms with Crippen molar-refractivity contribution < 1.29 is 4.79 Å². The molecule has 1 saturated heterocycles. The van der Waals surface area contributed by atoms with E-state index in [2.05, 4.69) is 58.7 Å². The zero-order valence-electron chi connectivity index (χ0n) is 17.7. The van der Waals surface area contributed by atoms with Gasteiger partial charge in [0, 0.05) is 36.2 Å². The van der Waals surface area contributed by atoms with E-state index in [1.165, 1.54) is 5.56 Å². The number of urea groups is 1. The Labute approximate surface area is 177 Å². The summed E-state index contributed by atoms with van der Waals surface area (Å²) in [4.78, 5) is 25.6. The van der Waals surface area contributed by atoms with Crippen molar-refractivity contribution in [1.29, 1.82) is 0 Å². The van der Waals surface area contributed by atoms with Gasteiger partial charge in [-0.1, -0.05) is 30.3 Å². The Hall–Kier alpha value is -3.19. The first kappa shape index (κ1) is 20.1. The van der Waals surface area contributed by atoms with Gasteiger partial charge >= 0.3 is 6.03 Å². The maximum absolute atomic E-state index is 12.7. The number of hydrogen-bond acceptors (Lipinski definition) is 5. The monoisotopic (exact) mass is 404 g/mol. The van der Waals surface area contributed by atoms with Gasteiger partial charge in [0.2, 0.25) is 0 Å². The Balaban J connectivity index is 1.52. The standard InChI is InChI=1S/C23H28N6O/c1-16(17-7-5-4-6-8-17)26-22-20-13-18(9-10-21(20)24-15-25-22)27-23(30)29-12-11-19(14-29)28(2)3/h4-10,13,15-16,19H,11-12,14H2,1-3H3,(H,27,30)(H,24,25,26)/t16-,19-/m1/s1. The van der Waals surface area contributed by atoms with Gasteiger partial charge in [0.1, 0.15) is 12.1 Å². The van der Waals surface area contributed by atoms with Crippen LogP contribution >= 0.6 is 0 Å². The molecular weight excluding hydrogens is 376 g/mol. The number of fused-ring (bicyclic) bond motifs is 1. The highest BCUT2D eigenvalue weighted by Gasteiger charge is 2.27. The van der Waals surface area contributed by atoms with Crippen molar-refractivity contribution in [3.05, 3.63) is 60.4 Å². The molecule has 0 unspecified atom stereocenters. The fraction of sp³-hybridized carbons (Fsp3) is 0.348. The number of benzene rings is 2. The molecule has 7 nitrogen and oxygen atoms in total. The highest BCUT2D eigenvalue weighted by molar-refractivity contribution is 5.96. The van der Waals surface area contributed by atoms with E-state index in [0.717, 1.165) is 41.9 Å². The van der Waals surface area contributed by atoms with E-state index in [1.807, 2.05) is 41.3 Å². The number of nitrogens with zero attached hydrogens (tertiary/aromatic N) is 4. The van der Waals surface area contributed by atoms with Crippen LogP contribution in [0.1, 0.15) is 24.9 Å². The van der Waals surface area contributed by atoms with E-state index in [-0.39, 0.29) is 12.1 Å². The molecule has 0 spiro atoms. The first-order valence-electron chi connectivity index (χ1n) is 10.3. The molecule has 0 aliphatic carbocycles. The lowest BCUT2D eigenvalue weighted by atomic mass is 10.1. The fourth-order valence-electron chi connectivity index (χ4n) is 3.83. The number of hydrogen-bond donors (Lipinski definition) is 2. The van der Waals surface area contributed by atoms with Crippen molar-refractivity contribution >= 4 is 28.4 Å². The molecule has 2 aromatic carbocycles.